The molecule has 4 atom stereocenters. The molecule has 252 valence electrons. The van der Waals surface area contributed by atoms with Gasteiger partial charge in [0.05, 0.1) is 6.42 Å². The maximum Gasteiger partial charge on any atom is 2.00 e. The van der Waals surface area contributed by atoms with Crippen molar-refractivity contribution in [3.05, 3.63) is 192 Å². The van der Waals surface area contributed by atoms with Gasteiger partial charge in [-0.15, -0.1) is 0 Å². The number of aliphatic imine (C=N–C) groups is 2. The largest absolute Gasteiger partial charge is 2.00 e. The molecule has 0 spiro atoms. The predicted octanol–water partition coefficient (Wildman–Crippen LogP) is 4.54. The molecule has 6 aromatic carbocycles. The minimum atomic E-state index is -0.248. The van der Waals surface area contributed by atoms with E-state index < -0.39 is 0 Å². The Hall–Kier alpha value is -4.50. The van der Waals surface area contributed by atoms with Gasteiger partial charge < -0.3 is 34.3 Å². The Morgan fingerprint density at radius 3 is 1.08 bits per heavy atom. The first-order valence-electron chi connectivity index (χ1n) is 16.2. The van der Waals surface area contributed by atoms with Crippen LogP contribution in [0.5, 0.6) is 0 Å². The topological polar surface area (TPSA) is 43.2 Å². The fourth-order valence-corrected chi connectivity index (χ4v) is 6.58. The summed E-state index contributed by atoms with van der Waals surface area (Å²) < 4.78 is 13.3. The third kappa shape index (κ3) is 7.94. The standard InChI is InChI=1S/C43H34N2O2.2ClH.Pd/c1-5-15-30(16-6-1)34-23-13-25-36(27-34)40-42(32-19-9-3-10-20-32)46-38(44-40)29-39-45-41(43(47-39)33-21-11-4-12-22-33)37-26-14-24-35(28-37)31-17-7-2-8-18-31;;;/h1-28,40-43H,29H2;2*1H;/q;;;+2/p-2/t40-,41-,42?,43?;;;/m1.../s1. The van der Waals surface area contributed by atoms with Crippen LogP contribution in [0.15, 0.2) is 180 Å². The average molecular weight is 788 g/mol. The van der Waals surface area contributed by atoms with Gasteiger partial charge in [-0.3, -0.25) is 0 Å². The van der Waals surface area contributed by atoms with Gasteiger partial charge in [-0.1, -0.05) is 158 Å². The molecule has 2 aliphatic rings. The van der Waals surface area contributed by atoms with Crippen molar-refractivity contribution < 1.29 is 54.7 Å². The monoisotopic (exact) mass is 786 g/mol. The quantitative estimate of drug-likeness (QED) is 0.213. The number of hydrogen-bond donors (Lipinski definition) is 0. The van der Waals surface area contributed by atoms with Gasteiger partial charge in [0.25, 0.3) is 0 Å². The van der Waals surface area contributed by atoms with Crippen molar-refractivity contribution >= 4 is 11.8 Å². The molecule has 0 saturated heterocycles. The van der Waals surface area contributed by atoms with Crippen LogP contribution in [0.2, 0.25) is 0 Å². The molecule has 0 amide bonds. The molecular formula is C43H34Cl2N2O2Pd. The van der Waals surface area contributed by atoms with Gasteiger partial charge in [0.1, 0.15) is 12.1 Å². The van der Waals surface area contributed by atoms with Crippen LogP contribution in [-0.2, 0) is 29.9 Å². The summed E-state index contributed by atoms with van der Waals surface area (Å²) in [6.45, 7) is 0. The van der Waals surface area contributed by atoms with Crippen LogP contribution in [0.25, 0.3) is 22.3 Å². The molecule has 0 radical (unpaired) electrons. The molecule has 0 aliphatic carbocycles. The summed E-state index contributed by atoms with van der Waals surface area (Å²) in [7, 11) is 0. The van der Waals surface area contributed by atoms with Crippen LogP contribution in [0.4, 0.5) is 0 Å². The van der Waals surface area contributed by atoms with E-state index in [1.165, 1.54) is 11.1 Å². The van der Waals surface area contributed by atoms with Crippen molar-refractivity contribution in [1.82, 2.24) is 0 Å². The summed E-state index contributed by atoms with van der Waals surface area (Å²) in [6, 6.07) is 58.5. The molecule has 0 N–H and O–H groups in total. The van der Waals surface area contributed by atoms with Gasteiger partial charge >= 0.3 is 20.4 Å². The zero-order valence-electron chi connectivity index (χ0n) is 27.0. The van der Waals surface area contributed by atoms with Gasteiger partial charge in [0.2, 0.25) is 0 Å². The van der Waals surface area contributed by atoms with Crippen molar-refractivity contribution in [3.63, 3.8) is 0 Å². The molecule has 6 aromatic rings. The second kappa shape index (κ2) is 16.9. The first-order valence-corrected chi connectivity index (χ1v) is 16.2. The third-order valence-electron chi connectivity index (χ3n) is 8.89. The number of rotatable bonds is 8. The van der Waals surface area contributed by atoms with Crippen molar-refractivity contribution in [2.45, 2.75) is 30.7 Å². The van der Waals surface area contributed by atoms with Crippen LogP contribution in [0.1, 0.15) is 53.0 Å². The first kappa shape index (κ1) is 36.8. The Morgan fingerprint density at radius 1 is 0.380 bits per heavy atom. The summed E-state index contributed by atoms with van der Waals surface area (Å²) >= 11 is 0. The Labute approximate surface area is 319 Å². The van der Waals surface area contributed by atoms with Crippen LogP contribution >= 0.6 is 0 Å². The SMILES string of the molecule is [Cl-].[Cl-].[Pd+2].c1ccc(-c2cccc([C@H]3N=C(CC4=N[C@H](c5cccc(-c6ccccc6)c5)C(c5ccccc5)O4)OC3c3ccccc3)c2)cc1. The Kier molecular flexibility index (Phi) is 12.5. The minimum absolute atomic E-state index is 0. The molecule has 2 unspecified atom stereocenters. The Bertz CT molecular complexity index is 1900. The molecule has 0 aromatic heterocycles. The van der Waals surface area contributed by atoms with E-state index in [-0.39, 0.29) is 69.5 Å². The van der Waals surface area contributed by atoms with E-state index in [0.717, 1.165) is 33.4 Å². The van der Waals surface area contributed by atoms with Gasteiger partial charge in [0, 0.05) is 0 Å². The van der Waals surface area contributed by atoms with E-state index in [0.29, 0.717) is 18.2 Å². The molecule has 50 heavy (non-hydrogen) atoms. The minimum Gasteiger partial charge on any atom is -1.00 e. The Morgan fingerprint density at radius 2 is 0.700 bits per heavy atom. The van der Waals surface area contributed by atoms with E-state index in [1.54, 1.807) is 0 Å². The molecule has 0 bridgehead atoms. The number of halogens is 2. The molecule has 0 saturated carbocycles. The van der Waals surface area contributed by atoms with Crippen LogP contribution in [0, 0.1) is 0 Å². The fraction of sp³-hybridized carbons (Fsp3) is 0.116. The van der Waals surface area contributed by atoms with Crippen molar-refractivity contribution in [1.29, 1.82) is 0 Å². The maximum absolute atomic E-state index is 6.67. The van der Waals surface area contributed by atoms with Gasteiger partial charge in [-0.25, -0.2) is 9.98 Å². The number of benzene rings is 6. The molecule has 4 nitrogen and oxygen atoms in total. The summed E-state index contributed by atoms with van der Waals surface area (Å²) in [5.41, 5.74) is 9.08. The summed E-state index contributed by atoms with van der Waals surface area (Å²) in [5, 5.41) is 0. The number of hydrogen-bond acceptors (Lipinski definition) is 4. The summed E-state index contributed by atoms with van der Waals surface area (Å²) in [4.78, 5) is 10.4. The zero-order valence-corrected chi connectivity index (χ0v) is 30.0. The van der Waals surface area contributed by atoms with Crippen molar-refractivity contribution in [2.75, 3.05) is 0 Å². The maximum atomic E-state index is 6.67. The third-order valence-corrected chi connectivity index (χ3v) is 8.89. The van der Waals surface area contributed by atoms with Crippen molar-refractivity contribution in [2.24, 2.45) is 9.98 Å². The summed E-state index contributed by atoms with van der Waals surface area (Å²) in [5.74, 6) is 1.27. The second-order valence-corrected chi connectivity index (χ2v) is 12.0. The molecule has 2 aliphatic heterocycles. The second-order valence-electron chi connectivity index (χ2n) is 12.0. The Balaban J connectivity index is 0.00000162. The zero-order chi connectivity index (χ0) is 31.4. The smallest absolute Gasteiger partial charge is 1.00 e. The van der Waals surface area contributed by atoms with E-state index in [9.17, 15) is 0 Å². The van der Waals surface area contributed by atoms with Gasteiger partial charge in [0.15, 0.2) is 24.0 Å². The molecular weight excluding hydrogens is 754 g/mol. The summed E-state index contributed by atoms with van der Waals surface area (Å²) in [6.07, 6.45) is -0.110. The molecule has 7 heteroatoms. The van der Waals surface area contributed by atoms with E-state index >= 15 is 0 Å². The van der Waals surface area contributed by atoms with E-state index in [1.807, 2.05) is 24.3 Å². The number of nitrogens with zero attached hydrogens (tertiary/aromatic N) is 2. The molecule has 8 rings (SSSR count). The van der Waals surface area contributed by atoms with Gasteiger partial charge in [-0.05, 0) is 56.6 Å². The average Bonchev–Trinajstić information content (AvgIpc) is 3.78. The van der Waals surface area contributed by atoms with Crippen LogP contribution < -0.4 is 24.8 Å². The van der Waals surface area contributed by atoms with Crippen LogP contribution in [0.3, 0.4) is 0 Å². The van der Waals surface area contributed by atoms with Crippen molar-refractivity contribution in [3.8, 4) is 22.3 Å². The van der Waals surface area contributed by atoms with Gasteiger partial charge in [-0.2, -0.15) is 0 Å². The first-order chi connectivity index (χ1) is 23.3. The predicted molar refractivity (Wildman–Crippen MR) is 189 cm³/mol. The normalized spacial score (nSPS) is 19.0. The van der Waals surface area contributed by atoms with Crippen LogP contribution in [-0.4, -0.2) is 11.8 Å². The molecule has 2 heterocycles. The van der Waals surface area contributed by atoms with E-state index in [4.69, 9.17) is 19.5 Å². The molecule has 0 fully saturated rings. The van der Waals surface area contributed by atoms with E-state index in [2.05, 4.69) is 146 Å². The number of ether oxygens (including phenoxy) is 2. The fourth-order valence-electron chi connectivity index (χ4n) is 6.58.